The average molecular weight is 402 g/mol. The Hall–Kier alpha value is -2.84. The fourth-order valence-corrected chi connectivity index (χ4v) is 5.34. The van der Waals surface area contributed by atoms with Crippen molar-refractivity contribution in [2.24, 2.45) is 11.8 Å². The van der Waals surface area contributed by atoms with E-state index in [1.165, 1.54) is 18.4 Å². The van der Waals surface area contributed by atoms with E-state index >= 15 is 0 Å². The molecule has 1 saturated heterocycles. The largest absolute Gasteiger partial charge is 0.394 e. The zero-order valence-electron chi connectivity index (χ0n) is 17.3. The van der Waals surface area contributed by atoms with E-state index < -0.39 is 0 Å². The maximum absolute atomic E-state index is 13.1. The average Bonchev–Trinajstić information content (AvgIpc) is 3.48. The molecule has 0 unspecified atom stereocenters. The Kier molecular flexibility index (Phi) is 4.75. The van der Waals surface area contributed by atoms with Crippen molar-refractivity contribution >= 4 is 11.6 Å². The molecule has 2 heterocycles. The van der Waals surface area contributed by atoms with Gasteiger partial charge >= 0.3 is 0 Å². The second-order valence-electron chi connectivity index (χ2n) is 8.96. The number of likely N-dealkylation sites (N-methyl/N-ethyl adjacent to an activating group) is 1. The van der Waals surface area contributed by atoms with Crippen LogP contribution in [0.3, 0.4) is 0 Å². The molecule has 1 amide bonds. The Balaban J connectivity index is 1.55. The molecule has 0 aromatic heterocycles. The summed E-state index contributed by atoms with van der Waals surface area (Å²) in [6, 6.07) is 16.3. The van der Waals surface area contributed by atoms with Gasteiger partial charge in [-0.15, -0.1) is 0 Å². The van der Waals surface area contributed by atoms with Crippen molar-refractivity contribution in [1.82, 2.24) is 4.90 Å². The number of aliphatic hydroxyl groups excluding tert-OH is 1. The quantitative estimate of drug-likeness (QED) is 0.848. The number of anilines is 1. The van der Waals surface area contributed by atoms with E-state index in [0.717, 1.165) is 29.8 Å². The van der Waals surface area contributed by atoms with Gasteiger partial charge in [0.05, 0.1) is 30.3 Å². The molecule has 30 heavy (non-hydrogen) atoms. The van der Waals surface area contributed by atoms with Gasteiger partial charge in [0.25, 0.3) is 0 Å². The van der Waals surface area contributed by atoms with Crippen molar-refractivity contribution in [3.63, 3.8) is 0 Å². The Labute approximate surface area is 177 Å². The predicted octanol–water partition coefficient (Wildman–Crippen LogP) is 3.73. The molecule has 3 atom stereocenters. The number of hydrogen-bond donors (Lipinski definition) is 1. The lowest BCUT2D eigenvalue weighted by Crippen LogP contribution is -2.48. The van der Waals surface area contributed by atoms with E-state index in [1.807, 2.05) is 31.3 Å². The number of amides is 1. The highest BCUT2D eigenvalue weighted by Gasteiger charge is 2.48. The summed E-state index contributed by atoms with van der Waals surface area (Å²) < 4.78 is 0. The molecule has 1 N–H and O–H groups in total. The maximum Gasteiger partial charge on any atom is 0.223 e. The van der Waals surface area contributed by atoms with Gasteiger partial charge in [-0.2, -0.15) is 5.26 Å². The summed E-state index contributed by atoms with van der Waals surface area (Å²) in [4.78, 5) is 17.4. The van der Waals surface area contributed by atoms with Crippen LogP contribution in [0.15, 0.2) is 42.5 Å². The van der Waals surface area contributed by atoms with E-state index in [4.69, 9.17) is 5.26 Å². The summed E-state index contributed by atoms with van der Waals surface area (Å²) >= 11 is 0. The van der Waals surface area contributed by atoms with Gasteiger partial charge in [-0.3, -0.25) is 4.79 Å². The van der Waals surface area contributed by atoms with Gasteiger partial charge in [0.15, 0.2) is 0 Å². The fraction of sp³-hybridized carbons (Fsp3) is 0.440. The molecule has 1 saturated carbocycles. The minimum Gasteiger partial charge on any atom is -0.394 e. The highest BCUT2D eigenvalue weighted by molar-refractivity contribution is 5.79. The van der Waals surface area contributed by atoms with Crippen LogP contribution in [-0.4, -0.2) is 42.2 Å². The Bertz CT molecular complexity index is 1010. The van der Waals surface area contributed by atoms with Gasteiger partial charge in [-0.1, -0.05) is 18.2 Å². The summed E-state index contributed by atoms with van der Waals surface area (Å²) in [7, 11) is 2.05. The standard InChI is InChI=1S/C25H27N3O2/c1-27-22-9-8-19(18-6-4-17(14-26)5-7-18)13-21(22)25-20(23(27)15-29)10-11-28(25)24(30)12-16-2-3-16/h4-9,13,16,20,23,25,29H,2-3,10-12,15H2,1H3/t20-,23-,25-/m0/s1. The van der Waals surface area contributed by atoms with E-state index in [-0.39, 0.29) is 30.5 Å². The van der Waals surface area contributed by atoms with Gasteiger partial charge in [-0.05, 0) is 66.1 Å². The number of nitrogens with zero attached hydrogens (tertiary/aromatic N) is 3. The van der Waals surface area contributed by atoms with Gasteiger partial charge in [0.1, 0.15) is 0 Å². The molecule has 2 aromatic carbocycles. The Morgan fingerprint density at radius 3 is 2.53 bits per heavy atom. The molecule has 2 fully saturated rings. The molecular formula is C25H27N3O2. The molecule has 2 aliphatic heterocycles. The number of benzene rings is 2. The first-order valence-electron chi connectivity index (χ1n) is 10.9. The zero-order valence-corrected chi connectivity index (χ0v) is 17.3. The van der Waals surface area contributed by atoms with Crippen LogP contribution < -0.4 is 4.90 Å². The molecule has 5 nitrogen and oxygen atoms in total. The van der Waals surface area contributed by atoms with Crippen molar-refractivity contribution < 1.29 is 9.90 Å². The second-order valence-corrected chi connectivity index (χ2v) is 8.96. The number of aliphatic hydroxyl groups is 1. The van der Waals surface area contributed by atoms with Crippen LogP contribution in [0.5, 0.6) is 0 Å². The van der Waals surface area contributed by atoms with Crippen LogP contribution >= 0.6 is 0 Å². The van der Waals surface area contributed by atoms with E-state index in [1.54, 1.807) is 0 Å². The van der Waals surface area contributed by atoms with Crippen LogP contribution in [0.4, 0.5) is 5.69 Å². The van der Waals surface area contributed by atoms with Crippen molar-refractivity contribution in [2.45, 2.75) is 37.8 Å². The molecule has 2 aromatic rings. The first kappa shape index (κ1) is 19.1. The topological polar surface area (TPSA) is 67.6 Å². The summed E-state index contributed by atoms with van der Waals surface area (Å²) in [5, 5.41) is 19.2. The number of hydrogen-bond acceptors (Lipinski definition) is 4. The lowest BCUT2D eigenvalue weighted by molar-refractivity contribution is -0.133. The first-order chi connectivity index (χ1) is 14.6. The normalized spacial score (nSPS) is 24.9. The van der Waals surface area contributed by atoms with Crippen molar-refractivity contribution in [2.75, 3.05) is 25.1 Å². The Morgan fingerprint density at radius 1 is 1.13 bits per heavy atom. The third kappa shape index (κ3) is 3.16. The van der Waals surface area contributed by atoms with Crippen molar-refractivity contribution in [3.05, 3.63) is 53.6 Å². The zero-order chi connectivity index (χ0) is 20.8. The maximum atomic E-state index is 13.1. The molecule has 0 bridgehead atoms. The summed E-state index contributed by atoms with van der Waals surface area (Å²) in [5.41, 5.74) is 5.08. The van der Waals surface area contributed by atoms with Gasteiger partial charge in [0.2, 0.25) is 5.91 Å². The van der Waals surface area contributed by atoms with E-state index in [0.29, 0.717) is 17.9 Å². The smallest absolute Gasteiger partial charge is 0.223 e. The first-order valence-corrected chi connectivity index (χ1v) is 10.9. The van der Waals surface area contributed by atoms with E-state index in [2.05, 4.69) is 34.1 Å². The molecular weight excluding hydrogens is 374 g/mol. The molecule has 154 valence electrons. The predicted molar refractivity (Wildman–Crippen MR) is 116 cm³/mol. The number of carbonyl (C=O) groups is 1. The van der Waals surface area contributed by atoms with Crippen LogP contribution in [-0.2, 0) is 4.79 Å². The summed E-state index contributed by atoms with van der Waals surface area (Å²) in [6.07, 6.45) is 3.94. The van der Waals surface area contributed by atoms with Gasteiger partial charge in [0, 0.05) is 31.6 Å². The Morgan fingerprint density at radius 2 is 1.87 bits per heavy atom. The highest BCUT2D eigenvalue weighted by Crippen LogP contribution is 2.50. The van der Waals surface area contributed by atoms with E-state index in [9.17, 15) is 9.90 Å². The third-order valence-electron chi connectivity index (χ3n) is 7.18. The number of rotatable bonds is 4. The highest BCUT2D eigenvalue weighted by atomic mass is 16.3. The molecule has 3 aliphatic rings. The second kappa shape index (κ2) is 7.45. The molecule has 1 aliphatic carbocycles. The van der Waals surface area contributed by atoms with Crippen LogP contribution in [0, 0.1) is 23.2 Å². The van der Waals surface area contributed by atoms with Crippen LogP contribution in [0.25, 0.3) is 11.1 Å². The monoisotopic (exact) mass is 401 g/mol. The fourth-order valence-electron chi connectivity index (χ4n) is 5.34. The lowest BCUT2D eigenvalue weighted by atomic mass is 9.81. The third-order valence-corrected chi connectivity index (χ3v) is 7.18. The summed E-state index contributed by atoms with van der Waals surface area (Å²) in [5.74, 6) is 1.08. The van der Waals surface area contributed by atoms with Crippen molar-refractivity contribution in [3.8, 4) is 17.2 Å². The van der Waals surface area contributed by atoms with Gasteiger partial charge in [-0.25, -0.2) is 0 Å². The van der Waals surface area contributed by atoms with Crippen molar-refractivity contribution in [1.29, 1.82) is 5.26 Å². The number of carbonyl (C=O) groups excluding carboxylic acids is 1. The molecule has 5 rings (SSSR count). The number of fused-ring (bicyclic) bond motifs is 3. The molecule has 0 spiro atoms. The minimum atomic E-state index is 0.0259. The van der Waals surface area contributed by atoms with Crippen LogP contribution in [0.2, 0.25) is 0 Å². The minimum absolute atomic E-state index is 0.0259. The number of likely N-dealkylation sites (tertiary alicyclic amines) is 1. The molecule has 5 heteroatoms. The lowest BCUT2D eigenvalue weighted by Gasteiger charge is -2.44. The number of nitriles is 1. The summed E-state index contributed by atoms with van der Waals surface area (Å²) in [6.45, 7) is 0.866. The van der Waals surface area contributed by atoms with Gasteiger partial charge < -0.3 is 14.9 Å². The molecule has 0 radical (unpaired) electrons. The van der Waals surface area contributed by atoms with Crippen LogP contribution in [0.1, 0.15) is 42.9 Å². The SMILES string of the molecule is CN1c2ccc(-c3ccc(C#N)cc3)cc2[C@@H]2[C@@H](CCN2C(=O)CC2CC2)[C@@H]1CO.